The first kappa shape index (κ1) is 22.4. The van der Waals surface area contributed by atoms with Crippen LogP contribution >= 0.6 is 0 Å². The Hall–Kier alpha value is -2.33. The average Bonchev–Trinajstić information content (AvgIpc) is 2.69. The van der Waals surface area contributed by atoms with Crippen LogP contribution in [0.2, 0.25) is 0 Å². The van der Waals surface area contributed by atoms with Gasteiger partial charge in [0, 0.05) is 45.6 Å². The largest absolute Gasteiger partial charge is 0.494 e. The summed E-state index contributed by atoms with van der Waals surface area (Å²) in [5, 5.41) is 0. The van der Waals surface area contributed by atoms with Crippen LogP contribution < -0.4 is 13.8 Å². The number of rotatable bonds is 8. The molecule has 0 radical (unpaired) electrons. The molecule has 0 atom stereocenters. The van der Waals surface area contributed by atoms with E-state index in [0.29, 0.717) is 50.3 Å². The van der Waals surface area contributed by atoms with Gasteiger partial charge in [0.1, 0.15) is 11.4 Å². The fraction of sp³-hybridized carbons (Fsp3) is 0.600. The number of hydrogen-bond acceptors (Lipinski definition) is 8. The minimum absolute atomic E-state index is 0.0642. The van der Waals surface area contributed by atoms with E-state index in [1.165, 1.54) is 4.90 Å². The summed E-state index contributed by atoms with van der Waals surface area (Å²) in [6, 6.07) is 5.10. The summed E-state index contributed by atoms with van der Waals surface area (Å²) in [6.07, 6.45) is 3.34. The van der Waals surface area contributed by atoms with Gasteiger partial charge < -0.3 is 13.8 Å². The fourth-order valence-corrected chi connectivity index (χ4v) is 4.37. The van der Waals surface area contributed by atoms with Gasteiger partial charge >= 0.3 is 10.1 Å². The van der Waals surface area contributed by atoms with E-state index in [1.54, 1.807) is 25.3 Å². The summed E-state index contributed by atoms with van der Waals surface area (Å²) >= 11 is 0. The highest BCUT2D eigenvalue weighted by molar-refractivity contribution is 7.86. The first-order valence-electron chi connectivity index (χ1n) is 10.2. The Kier molecular flexibility index (Phi) is 7.19. The Balaban J connectivity index is 1.56. The third-order valence-corrected chi connectivity index (χ3v) is 5.83. The number of para-hydroxylation sites is 1. The maximum absolute atomic E-state index is 11.9. The number of piperazine rings is 1. The van der Waals surface area contributed by atoms with Gasteiger partial charge in [-0.15, -0.1) is 0 Å². The Morgan fingerprint density at radius 2 is 1.60 bits per heavy atom. The van der Waals surface area contributed by atoms with Crippen LogP contribution in [-0.2, 0) is 19.7 Å². The molecule has 0 spiro atoms. The summed E-state index contributed by atoms with van der Waals surface area (Å²) in [6.45, 7) is 4.18. The number of imide groups is 1. The molecule has 0 bridgehead atoms. The maximum Gasteiger partial charge on any atom is 0.306 e. The molecule has 2 amide bonds. The molecule has 0 unspecified atom stereocenters. The minimum Gasteiger partial charge on any atom is -0.494 e. The van der Waals surface area contributed by atoms with E-state index in [1.807, 2.05) is 0 Å². The molecule has 2 aliphatic heterocycles. The van der Waals surface area contributed by atoms with Gasteiger partial charge in [-0.3, -0.25) is 19.4 Å². The summed E-state index contributed by atoms with van der Waals surface area (Å²) in [5.74, 6) is 0.690. The molecule has 2 saturated heterocycles. The molecule has 2 aliphatic rings. The number of likely N-dealkylation sites (tertiary alicyclic amines) is 1. The SMILES string of the molecule is COc1cccc(OS(C)(=O)=O)c1N1CCN(CCCN2C(=O)CCCC2=O)CC1. The van der Waals surface area contributed by atoms with E-state index in [4.69, 9.17) is 8.92 Å². The lowest BCUT2D eigenvalue weighted by molar-refractivity contribution is -0.148. The molecule has 30 heavy (non-hydrogen) atoms. The van der Waals surface area contributed by atoms with Gasteiger partial charge in [-0.25, -0.2) is 0 Å². The Bertz CT molecular complexity index is 865. The van der Waals surface area contributed by atoms with Gasteiger partial charge in [0.2, 0.25) is 11.8 Å². The zero-order valence-electron chi connectivity index (χ0n) is 17.5. The second-order valence-electron chi connectivity index (χ2n) is 7.57. The van der Waals surface area contributed by atoms with Crippen molar-refractivity contribution in [3.05, 3.63) is 18.2 Å². The van der Waals surface area contributed by atoms with Gasteiger partial charge in [0.15, 0.2) is 5.75 Å². The van der Waals surface area contributed by atoms with Crippen LogP contribution in [0.15, 0.2) is 18.2 Å². The van der Waals surface area contributed by atoms with E-state index in [0.717, 1.165) is 32.3 Å². The number of anilines is 1. The molecule has 10 heteroatoms. The summed E-state index contributed by atoms with van der Waals surface area (Å²) in [7, 11) is -2.11. The number of piperidine rings is 1. The van der Waals surface area contributed by atoms with Crippen molar-refractivity contribution < 1.29 is 26.9 Å². The number of carbonyl (C=O) groups excluding carboxylic acids is 2. The third-order valence-electron chi connectivity index (χ3n) is 5.35. The van der Waals surface area contributed by atoms with Gasteiger partial charge in [-0.1, -0.05) is 6.07 Å². The molecule has 3 rings (SSSR count). The smallest absolute Gasteiger partial charge is 0.306 e. The number of hydrogen-bond donors (Lipinski definition) is 0. The topological polar surface area (TPSA) is 96.5 Å². The average molecular weight is 440 g/mol. The first-order chi connectivity index (χ1) is 14.3. The van der Waals surface area contributed by atoms with Gasteiger partial charge in [-0.2, -0.15) is 8.42 Å². The highest BCUT2D eigenvalue weighted by Gasteiger charge is 2.27. The molecule has 2 fully saturated rings. The molecule has 166 valence electrons. The predicted octanol–water partition coefficient (Wildman–Crippen LogP) is 1.08. The molecular formula is C20H29N3O6S. The van der Waals surface area contributed by atoms with Crippen LogP contribution in [0.4, 0.5) is 5.69 Å². The summed E-state index contributed by atoms with van der Waals surface area (Å²) in [5.41, 5.74) is 0.634. The number of carbonyl (C=O) groups is 2. The summed E-state index contributed by atoms with van der Waals surface area (Å²) in [4.78, 5) is 29.5. The van der Waals surface area contributed by atoms with Crippen LogP contribution in [0.5, 0.6) is 11.5 Å². The van der Waals surface area contributed by atoms with Crippen molar-refractivity contribution in [3.63, 3.8) is 0 Å². The zero-order valence-corrected chi connectivity index (χ0v) is 18.3. The second kappa shape index (κ2) is 9.65. The van der Waals surface area contributed by atoms with E-state index in [2.05, 4.69) is 9.80 Å². The molecule has 0 N–H and O–H groups in total. The second-order valence-corrected chi connectivity index (χ2v) is 9.14. The maximum atomic E-state index is 11.9. The zero-order chi connectivity index (χ0) is 21.7. The van der Waals surface area contributed by atoms with Crippen LogP contribution in [0.25, 0.3) is 0 Å². The number of nitrogens with zero attached hydrogens (tertiary/aromatic N) is 3. The Morgan fingerprint density at radius 3 is 2.20 bits per heavy atom. The fourth-order valence-electron chi connectivity index (χ4n) is 3.91. The normalized spacial score (nSPS) is 18.6. The Labute approximate surface area is 177 Å². The number of ether oxygens (including phenoxy) is 1. The van der Waals surface area contributed by atoms with Crippen LogP contribution in [0.3, 0.4) is 0 Å². The number of amides is 2. The molecule has 0 aliphatic carbocycles. The highest BCUT2D eigenvalue weighted by atomic mass is 32.2. The summed E-state index contributed by atoms with van der Waals surface area (Å²) < 4.78 is 33.9. The lowest BCUT2D eigenvalue weighted by atomic mass is 10.1. The van der Waals surface area contributed by atoms with E-state index in [-0.39, 0.29) is 17.6 Å². The standard InChI is InChI=1S/C20H29N3O6S/c1-28-16-6-3-7-17(29-30(2,26)27)20(16)22-14-12-21(13-15-22)10-5-11-23-18(24)8-4-9-19(23)25/h3,6-7H,4-5,8-15H2,1-2H3. The van der Waals surface area contributed by atoms with Crippen molar-refractivity contribution in [2.75, 3.05) is 57.5 Å². The molecule has 1 aromatic rings. The van der Waals surface area contributed by atoms with Gasteiger partial charge in [0.25, 0.3) is 0 Å². The van der Waals surface area contributed by atoms with Crippen LogP contribution in [0.1, 0.15) is 25.7 Å². The molecule has 9 nitrogen and oxygen atoms in total. The van der Waals surface area contributed by atoms with E-state index < -0.39 is 10.1 Å². The Morgan fingerprint density at radius 1 is 0.967 bits per heavy atom. The monoisotopic (exact) mass is 439 g/mol. The van der Waals surface area contributed by atoms with Crippen molar-refractivity contribution in [1.29, 1.82) is 0 Å². The van der Waals surface area contributed by atoms with Gasteiger partial charge in [-0.05, 0) is 31.5 Å². The number of methoxy groups -OCH3 is 1. The number of benzene rings is 1. The van der Waals surface area contributed by atoms with Crippen LogP contribution in [-0.4, -0.2) is 82.7 Å². The lowest BCUT2D eigenvalue weighted by Gasteiger charge is -2.37. The lowest BCUT2D eigenvalue weighted by Crippen LogP contribution is -2.48. The van der Waals surface area contributed by atoms with E-state index >= 15 is 0 Å². The van der Waals surface area contributed by atoms with Crippen molar-refractivity contribution in [1.82, 2.24) is 9.80 Å². The van der Waals surface area contributed by atoms with Crippen molar-refractivity contribution in [3.8, 4) is 11.5 Å². The molecule has 2 heterocycles. The van der Waals surface area contributed by atoms with Crippen molar-refractivity contribution in [2.45, 2.75) is 25.7 Å². The van der Waals surface area contributed by atoms with Crippen LogP contribution in [0, 0.1) is 0 Å². The molecule has 0 saturated carbocycles. The molecule has 1 aromatic carbocycles. The van der Waals surface area contributed by atoms with Crippen molar-refractivity contribution in [2.24, 2.45) is 0 Å². The quantitative estimate of drug-likeness (QED) is 0.439. The minimum atomic E-state index is -3.66. The predicted molar refractivity (Wildman–Crippen MR) is 112 cm³/mol. The third kappa shape index (κ3) is 5.63. The molecule has 0 aromatic heterocycles. The highest BCUT2D eigenvalue weighted by Crippen LogP contribution is 2.38. The van der Waals surface area contributed by atoms with Crippen molar-refractivity contribution >= 4 is 27.6 Å². The molecular weight excluding hydrogens is 410 g/mol. The van der Waals surface area contributed by atoms with E-state index in [9.17, 15) is 18.0 Å². The first-order valence-corrected chi connectivity index (χ1v) is 12.0. The van der Waals surface area contributed by atoms with Gasteiger partial charge in [0.05, 0.1) is 13.4 Å².